The van der Waals surface area contributed by atoms with Crippen LogP contribution in [0.3, 0.4) is 0 Å². The van der Waals surface area contributed by atoms with Gasteiger partial charge in [0, 0.05) is 30.1 Å². The standard InChI is InChI=1S/C24H31N3O6.ClH/c1-4-32-23(28)20-16(2)25-17(3)21(22(20)18-9-8-10-19(15-18)27(30)31)24(29)33-14-13-26-11-6-5-7-12-26;/h8-10,15,22,25H,4-7,11-14H2,1-3H3;1H. The fourth-order valence-electron chi connectivity index (χ4n) is 4.42. The predicted octanol–water partition coefficient (Wildman–Crippen LogP) is 3.84. The zero-order chi connectivity index (χ0) is 24.0. The van der Waals surface area contributed by atoms with Gasteiger partial charge in [-0.15, -0.1) is 12.4 Å². The Hall–Kier alpha value is -2.91. The molecule has 2 aliphatic rings. The van der Waals surface area contributed by atoms with Crippen LogP contribution in [0.2, 0.25) is 0 Å². The molecule has 9 nitrogen and oxygen atoms in total. The highest BCUT2D eigenvalue weighted by molar-refractivity contribution is 6.00. The highest BCUT2D eigenvalue weighted by atomic mass is 35.5. The molecule has 34 heavy (non-hydrogen) atoms. The molecule has 0 radical (unpaired) electrons. The molecule has 2 aliphatic heterocycles. The summed E-state index contributed by atoms with van der Waals surface area (Å²) in [7, 11) is 0. The van der Waals surface area contributed by atoms with E-state index in [1.54, 1.807) is 32.9 Å². The molecule has 1 atom stereocenters. The van der Waals surface area contributed by atoms with Crippen LogP contribution in [0, 0.1) is 10.1 Å². The molecule has 0 spiro atoms. The van der Waals surface area contributed by atoms with Gasteiger partial charge in [0.25, 0.3) is 5.69 Å². The fourth-order valence-corrected chi connectivity index (χ4v) is 4.42. The van der Waals surface area contributed by atoms with Gasteiger partial charge in [0.05, 0.1) is 28.6 Å². The lowest BCUT2D eigenvalue weighted by atomic mass is 9.80. The third-order valence-corrected chi connectivity index (χ3v) is 5.98. The van der Waals surface area contributed by atoms with Crippen molar-refractivity contribution in [3.63, 3.8) is 0 Å². The van der Waals surface area contributed by atoms with E-state index in [4.69, 9.17) is 9.47 Å². The molecule has 2 heterocycles. The van der Waals surface area contributed by atoms with Gasteiger partial charge in [-0.2, -0.15) is 0 Å². The first-order valence-corrected chi connectivity index (χ1v) is 11.3. The summed E-state index contributed by atoms with van der Waals surface area (Å²) in [4.78, 5) is 39.2. The molecule has 0 amide bonds. The number of hydrogen-bond donors (Lipinski definition) is 1. The number of nitrogens with one attached hydrogen (secondary N) is 1. The fraction of sp³-hybridized carbons (Fsp3) is 0.500. The van der Waals surface area contributed by atoms with Crippen molar-refractivity contribution in [1.29, 1.82) is 0 Å². The molecule has 1 aromatic rings. The summed E-state index contributed by atoms with van der Waals surface area (Å²) in [6.45, 7) is 8.17. The van der Waals surface area contributed by atoms with Crippen molar-refractivity contribution >= 4 is 30.0 Å². The van der Waals surface area contributed by atoms with Gasteiger partial charge < -0.3 is 14.8 Å². The first-order valence-electron chi connectivity index (χ1n) is 11.3. The molecular formula is C24H32ClN3O6. The van der Waals surface area contributed by atoms with Crippen molar-refractivity contribution in [2.75, 3.05) is 32.8 Å². The van der Waals surface area contributed by atoms with E-state index >= 15 is 0 Å². The van der Waals surface area contributed by atoms with Crippen LogP contribution in [0.25, 0.3) is 0 Å². The van der Waals surface area contributed by atoms with E-state index < -0.39 is 22.8 Å². The van der Waals surface area contributed by atoms with E-state index in [9.17, 15) is 19.7 Å². The largest absolute Gasteiger partial charge is 0.463 e. The third-order valence-electron chi connectivity index (χ3n) is 5.98. The number of carbonyl (C=O) groups is 2. The Morgan fingerprint density at radius 1 is 1.09 bits per heavy atom. The van der Waals surface area contributed by atoms with Gasteiger partial charge in [0.2, 0.25) is 0 Å². The second-order valence-corrected chi connectivity index (χ2v) is 8.25. The van der Waals surface area contributed by atoms with Gasteiger partial charge in [0.1, 0.15) is 6.61 Å². The van der Waals surface area contributed by atoms with E-state index in [1.165, 1.54) is 18.6 Å². The minimum Gasteiger partial charge on any atom is -0.463 e. The Bertz CT molecular complexity index is 985. The summed E-state index contributed by atoms with van der Waals surface area (Å²) in [5.41, 5.74) is 1.90. The van der Waals surface area contributed by atoms with Gasteiger partial charge in [-0.3, -0.25) is 15.0 Å². The van der Waals surface area contributed by atoms with Crippen molar-refractivity contribution in [3.8, 4) is 0 Å². The highest BCUT2D eigenvalue weighted by Gasteiger charge is 2.38. The number of benzene rings is 1. The second-order valence-electron chi connectivity index (χ2n) is 8.25. The van der Waals surface area contributed by atoms with Crippen LogP contribution in [0.5, 0.6) is 0 Å². The Balaban J connectivity index is 0.00000408. The number of likely N-dealkylation sites (tertiary alicyclic amines) is 1. The summed E-state index contributed by atoms with van der Waals surface area (Å²) in [6, 6.07) is 5.97. The van der Waals surface area contributed by atoms with Gasteiger partial charge in [-0.1, -0.05) is 18.6 Å². The summed E-state index contributed by atoms with van der Waals surface area (Å²) in [5.74, 6) is -1.97. The first kappa shape index (κ1) is 27.3. The normalized spacial score (nSPS) is 18.6. The number of piperidine rings is 1. The quantitative estimate of drug-likeness (QED) is 0.330. The molecule has 1 N–H and O–H groups in total. The van der Waals surface area contributed by atoms with Crippen molar-refractivity contribution < 1.29 is 24.0 Å². The number of rotatable bonds is 8. The maximum atomic E-state index is 13.2. The summed E-state index contributed by atoms with van der Waals surface area (Å²) >= 11 is 0. The van der Waals surface area contributed by atoms with E-state index in [2.05, 4.69) is 10.2 Å². The van der Waals surface area contributed by atoms with E-state index in [0.29, 0.717) is 23.5 Å². The predicted molar refractivity (Wildman–Crippen MR) is 130 cm³/mol. The molecule has 1 saturated heterocycles. The van der Waals surface area contributed by atoms with Crippen LogP contribution < -0.4 is 5.32 Å². The molecule has 3 rings (SSSR count). The number of dihydropyridines is 1. The first-order chi connectivity index (χ1) is 15.8. The Morgan fingerprint density at radius 3 is 2.29 bits per heavy atom. The van der Waals surface area contributed by atoms with Crippen molar-refractivity contribution in [2.45, 2.75) is 46.0 Å². The molecule has 1 unspecified atom stereocenters. The average Bonchev–Trinajstić information content (AvgIpc) is 2.79. The molecule has 0 bridgehead atoms. The molecule has 186 valence electrons. The zero-order valence-corrected chi connectivity index (χ0v) is 20.6. The maximum Gasteiger partial charge on any atom is 0.336 e. The van der Waals surface area contributed by atoms with Crippen LogP contribution >= 0.6 is 12.4 Å². The molecule has 0 aromatic heterocycles. The number of halogens is 1. The van der Waals surface area contributed by atoms with Crippen molar-refractivity contribution in [2.24, 2.45) is 0 Å². The smallest absolute Gasteiger partial charge is 0.336 e. The minimum atomic E-state index is -0.840. The van der Waals surface area contributed by atoms with Gasteiger partial charge in [0.15, 0.2) is 0 Å². The van der Waals surface area contributed by atoms with Crippen LogP contribution in [0.1, 0.15) is 51.5 Å². The number of non-ortho nitro benzene ring substituents is 1. The SMILES string of the molecule is CCOC(=O)C1=C(C)NC(C)=C(C(=O)OCCN2CCCCC2)C1c1cccc([N+](=O)[O-])c1.Cl. The summed E-state index contributed by atoms with van der Waals surface area (Å²) in [5, 5.41) is 14.5. The third kappa shape index (κ3) is 6.36. The Morgan fingerprint density at radius 2 is 1.71 bits per heavy atom. The average molecular weight is 494 g/mol. The number of allylic oxidation sites excluding steroid dienone is 2. The van der Waals surface area contributed by atoms with Crippen LogP contribution in [-0.4, -0.2) is 54.6 Å². The molecule has 1 fully saturated rings. The second kappa shape index (κ2) is 12.5. The van der Waals surface area contributed by atoms with Crippen LogP contribution in [-0.2, 0) is 19.1 Å². The van der Waals surface area contributed by atoms with E-state index in [1.807, 2.05) is 0 Å². The highest BCUT2D eigenvalue weighted by Crippen LogP contribution is 2.40. The minimum absolute atomic E-state index is 0. The van der Waals surface area contributed by atoms with Crippen LogP contribution in [0.15, 0.2) is 46.8 Å². The molecule has 0 aliphatic carbocycles. The maximum absolute atomic E-state index is 13.2. The van der Waals surface area contributed by atoms with Gasteiger partial charge in [-0.05, 0) is 52.3 Å². The van der Waals surface area contributed by atoms with Crippen LogP contribution in [0.4, 0.5) is 5.69 Å². The number of nitrogens with zero attached hydrogens (tertiary/aromatic N) is 2. The monoisotopic (exact) mass is 493 g/mol. The molecule has 10 heteroatoms. The Kier molecular flexibility index (Phi) is 10.1. The van der Waals surface area contributed by atoms with E-state index in [-0.39, 0.29) is 42.5 Å². The number of hydrogen-bond acceptors (Lipinski definition) is 8. The lowest BCUT2D eigenvalue weighted by molar-refractivity contribution is -0.384. The lowest BCUT2D eigenvalue weighted by Gasteiger charge is -2.31. The number of nitro benzene ring substituents is 1. The van der Waals surface area contributed by atoms with E-state index in [0.717, 1.165) is 25.9 Å². The number of carbonyl (C=O) groups excluding carboxylic acids is 2. The van der Waals surface area contributed by atoms with Gasteiger partial charge in [-0.25, -0.2) is 9.59 Å². The van der Waals surface area contributed by atoms with Gasteiger partial charge >= 0.3 is 11.9 Å². The zero-order valence-electron chi connectivity index (χ0n) is 19.8. The Labute approximate surface area is 205 Å². The molecule has 1 aromatic carbocycles. The van der Waals surface area contributed by atoms with Crippen molar-refractivity contribution in [1.82, 2.24) is 10.2 Å². The lowest BCUT2D eigenvalue weighted by Crippen LogP contribution is -2.35. The number of nitro groups is 1. The molecular weight excluding hydrogens is 462 g/mol. The van der Waals surface area contributed by atoms with Crippen molar-refractivity contribution in [3.05, 3.63) is 62.5 Å². The number of esters is 2. The number of ether oxygens (including phenoxy) is 2. The summed E-state index contributed by atoms with van der Waals surface area (Å²) < 4.78 is 10.9. The summed E-state index contributed by atoms with van der Waals surface area (Å²) in [6.07, 6.45) is 3.51. The topological polar surface area (TPSA) is 111 Å². The molecule has 0 saturated carbocycles.